The molecule has 186 valence electrons. The molecular weight excluding hydrogens is 504 g/mol. The number of para-hydroxylation sites is 1. The summed E-state index contributed by atoms with van der Waals surface area (Å²) in [4.78, 5) is 0. The molecule has 9 rings (SSSR count). The second-order valence-electron chi connectivity index (χ2n) is 10.4. The molecule has 0 N–H and O–H groups in total. The van der Waals surface area contributed by atoms with Gasteiger partial charge in [0.25, 0.3) is 0 Å². The molecule has 0 atom stereocenters. The van der Waals surface area contributed by atoms with Gasteiger partial charge in [-0.15, -0.1) is 11.3 Å². The van der Waals surface area contributed by atoms with E-state index in [1.165, 1.54) is 74.7 Å². The van der Waals surface area contributed by atoms with Gasteiger partial charge in [0, 0.05) is 30.9 Å². The maximum Gasteiger partial charge on any atom is 0.144 e. The van der Waals surface area contributed by atoms with Crippen LogP contribution >= 0.6 is 11.3 Å². The van der Waals surface area contributed by atoms with Crippen molar-refractivity contribution < 1.29 is 4.42 Å². The van der Waals surface area contributed by atoms with Gasteiger partial charge in [0.05, 0.1) is 0 Å². The SMILES string of the molecule is c1ccc(-c2c3ccccc3c(-c3ccc4c(c3)sc3ccc5c6ccccc6oc5c34)c3ccccc23)cc1. The lowest BCUT2D eigenvalue weighted by Crippen LogP contribution is -1.90. The zero-order valence-electron chi connectivity index (χ0n) is 21.5. The van der Waals surface area contributed by atoms with Crippen LogP contribution in [0.3, 0.4) is 0 Å². The Balaban J connectivity index is 1.36. The van der Waals surface area contributed by atoms with Crippen molar-refractivity contribution in [2.24, 2.45) is 0 Å². The summed E-state index contributed by atoms with van der Waals surface area (Å²) in [6.07, 6.45) is 0. The van der Waals surface area contributed by atoms with Crippen LogP contribution in [0.4, 0.5) is 0 Å². The molecular formula is C38H22OS. The van der Waals surface area contributed by atoms with E-state index in [1.807, 2.05) is 17.4 Å². The Morgan fingerprint density at radius 3 is 1.68 bits per heavy atom. The van der Waals surface area contributed by atoms with Crippen molar-refractivity contribution >= 4 is 75.0 Å². The predicted octanol–water partition coefficient (Wildman–Crippen LogP) is 11.6. The fourth-order valence-corrected chi connectivity index (χ4v) is 7.70. The third kappa shape index (κ3) is 3.03. The quantitative estimate of drug-likeness (QED) is 0.204. The Labute approximate surface area is 234 Å². The summed E-state index contributed by atoms with van der Waals surface area (Å²) in [6.45, 7) is 0. The Bertz CT molecular complexity index is 2370. The second kappa shape index (κ2) is 8.29. The van der Waals surface area contributed by atoms with Crippen molar-refractivity contribution in [1.82, 2.24) is 0 Å². The summed E-state index contributed by atoms with van der Waals surface area (Å²) in [5, 5.41) is 9.94. The fourth-order valence-electron chi connectivity index (χ4n) is 6.55. The van der Waals surface area contributed by atoms with E-state index in [2.05, 4.69) is 127 Å². The molecule has 9 aromatic rings. The predicted molar refractivity (Wildman–Crippen MR) is 172 cm³/mol. The highest BCUT2D eigenvalue weighted by molar-refractivity contribution is 7.26. The molecule has 40 heavy (non-hydrogen) atoms. The minimum atomic E-state index is 0.942. The molecule has 2 heteroatoms. The van der Waals surface area contributed by atoms with Crippen LogP contribution < -0.4 is 0 Å². The van der Waals surface area contributed by atoms with Gasteiger partial charge in [-0.3, -0.25) is 0 Å². The molecule has 1 nitrogen and oxygen atoms in total. The van der Waals surface area contributed by atoms with E-state index < -0.39 is 0 Å². The van der Waals surface area contributed by atoms with Crippen LogP contribution in [0.1, 0.15) is 0 Å². The van der Waals surface area contributed by atoms with E-state index in [0.717, 1.165) is 11.2 Å². The summed E-state index contributed by atoms with van der Waals surface area (Å²) in [5.41, 5.74) is 7.01. The maximum absolute atomic E-state index is 6.42. The van der Waals surface area contributed by atoms with Gasteiger partial charge in [-0.1, -0.05) is 109 Å². The standard InChI is InChI=1S/C38H22OS/c1-2-10-23(11-3-1)35-26-13-4-6-15-28(26)36(29-16-7-5-14-27(29)35)24-18-19-31-34(22-24)40-33-21-20-30-25-12-8-9-17-32(25)39-38(30)37(31)33/h1-22H. The van der Waals surface area contributed by atoms with Crippen molar-refractivity contribution in [3.63, 3.8) is 0 Å². The smallest absolute Gasteiger partial charge is 0.144 e. The van der Waals surface area contributed by atoms with Gasteiger partial charge in [-0.2, -0.15) is 0 Å². The number of hydrogen-bond donors (Lipinski definition) is 0. The summed E-state index contributed by atoms with van der Waals surface area (Å²) < 4.78 is 8.96. The second-order valence-corrected chi connectivity index (χ2v) is 11.5. The summed E-state index contributed by atoms with van der Waals surface area (Å²) in [6, 6.07) is 48.2. The molecule has 0 amide bonds. The first kappa shape index (κ1) is 22.0. The number of benzene rings is 7. The molecule has 0 unspecified atom stereocenters. The number of thiophene rings is 1. The third-order valence-corrected chi connectivity index (χ3v) is 9.38. The molecule has 0 saturated heterocycles. The Hall–Kier alpha value is -4.92. The van der Waals surface area contributed by atoms with Gasteiger partial charge in [0.2, 0.25) is 0 Å². The zero-order chi connectivity index (χ0) is 26.2. The monoisotopic (exact) mass is 526 g/mol. The lowest BCUT2D eigenvalue weighted by molar-refractivity contribution is 0.673. The molecule has 0 aliphatic heterocycles. The largest absolute Gasteiger partial charge is 0.455 e. The first-order valence-electron chi connectivity index (χ1n) is 13.6. The molecule has 0 bridgehead atoms. The molecule has 0 radical (unpaired) electrons. The van der Waals surface area contributed by atoms with E-state index in [-0.39, 0.29) is 0 Å². The number of furan rings is 1. The van der Waals surface area contributed by atoms with Crippen LogP contribution in [0.2, 0.25) is 0 Å². The minimum absolute atomic E-state index is 0.942. The normalized spacial score (nSPS) is 12.0. The molecule has 0 aliphatic rings. The van der Waals surface area contributed by atoms with E-state index in [9.17, 15) is 0 Å². The van der Waals surface area contributed by atoms with Crippen molar-refractivity contribution in [2.75, 3.05) is 0 Å². The van der Waals surface area contributed by atoms with Gasteiger partial charge < -0.3 is 4.42 Å². The van der Waals surface area contributed by atoms with Crippen LogP contribution in [0.15, 0.2) is 138 Å². The van der Waals surface area contributed by atoms with E-state index in [1.54, 1.807) is 0 Å². The number of hydrogen-bond acceptors (Lipinski definition) is 2. The Morgan fingerprint density at radius 2 is 0.975 bits per heavy atom. The van der Waals surface area contributed by atoms with Crippen LogP contribution in [-0.2, 0) is 0 Å². The summed E-state index contributed by atoms with van der Waals surface area (Å²) in [7, 11) is 0. The van der Waals surface area contributed by atoms with Gasteiger partial charge in [-0.05, 0) is 68.1 Å². The van der Waals surface area contributed by atoms with E-state index >= 15 is 0 Å². The van der Waals surface area contributed by atoms with Crippen LogP contribution in [0.25, 0.3) is 85.9 Å². The van der Waals surface area contributed by atoms with Crippen LogP contribution in [-0.4, -0.2) is 0 Å². The molecule has 0 spiro atoms. The van der Waals surface area contributed by atoms with Gasteiger partial charge in [0.15, 0.2) is 0 Å². The maximum atomic E-state index is 6.42. The minimum Gasteiger partial charge on any atom is -0.455 e. The first-order valence-corrected chi connectivity index (χ1v) is 14.4. The Morgan fingerprint density at radius 1 is 0.400 bits per heavy atom. The van der Waals surface area contributed by atoms with Gasteiger partial charge in [-0.25, -0.2) is 0 Å². The first-order chi connectivity index (χ1) is 19.8. The molecule has 0 fully saturated rings. The lowest BCUT2D eigenvalue weighted by atomic mass is 9.86. The van der Waals surface area contributed by atoms with Crippen molar-refractivity contribution in [1.29, 1.82) is 0 Å². The molecule has 0 aliphatic carbocycles. The summed E-state index contributed by atoms with van der Waals surface area (Å²) >= 11 is 1.85. The van der Waals surface area contributed by atoms with E-state index in [4.69, 9.17) is 4.42 Å². The topological polar surface area (TPSA) is 13.1 Å². The van der Waals surface area contributed by atoms with Crippen LogP contribution in [0, 0.1) is 0 Å². The Kier molecular flexibility index (Phi) is 4.55. The average molecular weight is 527 g/mol. The van der Waals surface area contributed by atoms with Crippen molar-refractivity contribution in [3.8, 4) is 22.3 Å². The lowest BCUT2D eigenvalue weighted by Gasteiger charge is -2.17. The van der Waals surface area contributed by atoms with E-state index in [0.29, 0.717) is 0 Å². The number of fused-ring (bicyclic) bond motifs is 9. The third-order valence-electron chi connectivity index (χ3n) is 8.26. The van der Waals surface area contributed by atoms with Crippen molar-refractivity contribution in [2.45, 2.75) is 0 Å². The van der Waals surface area contributed by atoms with Crippen LogP contribution in [0.5, 0.6) is 0 Å². The summed E-state index contributed by atoms with van der Waals surface area (Å²) in [5.74, 6) is 0. The molecule has 7 aromatic carbocycles. The van der Waals surface area contributed by atoms with Gasteiger partial charge >= 0.3 is 0 Å². The molecule has 2 heterocycles. The highest BCUT2D eigenvalue weighted by Gasteiger charge is 2.18. The zero-order valence-corrected chi connectivity index (χ0v) is 22.3. The average Bonchev–Trinajstić information content (AvgIpc) is 3.58. The molecule has 0 saturated carbocycles. The fraction of sp³-hybridized carbons (Fsp3) is 0. The van der Waals surface area contributed by atoms with Gasteiger partial charge in [0.1, 0.15) is 11.2 Å². The number of rotatable bonds is 2. The highest BCUT2D eigenvalue weighted by atomic mass is 32.1. The highest BCUT2D eigenvalue weighted by Crippen LogP contribution is 2.46. The van der Waals surface area contributed by atoms with Crippen molar-refractivity contribution in [3.05, 3.63) is 133 Å². The molecule has 2 aromatic heterocycles.